The van der Waals surface area contributed by atoms with Crippen molar-refractivity contribution in [2.45, 2.75) is 129 Å². The van der Waals surface area contributed by atoms with Crippen LogP contribution in [0.1, 0.15) is 105 Å². The molecule has 3 atom stereocenters. The summed E-state index contributed by atoms with van der Waals surface area (Å²) in [5, 5.41) is 13.8. The van der Waals surface area contributed by atoms with Crippen molar-refractivity contribution in [3.05, 3.63) is 11.3 Å². The highest BCUT2D eigenvalue weighted by molar-refractivity contribution is 5.93. The number of nitrogens with one attached hydrogen (secondary N) is 1. The minimum absolute atomic E-state index is 0.0723. The number of hydrogen-bond donors (Lipinski definition) is 3. The van der Waals surface area contributed by atoms with Crippen LogP contribution in [0.5, 0.6) is 0 Å². The topological polar surface area (TPSA) is 87.6 Å². The van der Waals surface area contributed by atoms with Gasteiger partial charge in [-0.3, -0.25) is 10.3 Å². The van der Waals surface area contributed by atoms with Crippen LogP contribution in [0.3, 0.4) is 0 Å². The summed E-state index contributed by atoms with van der Waals surface area (Å²) in [4.78, 5) is 12.8. The summed E-state index contributed by atoms with van der Waals surface area (Å²) in [6.07, 6.45) is 11.7. The predicted octanol–water partition coefficient (Wildman–Crippen LogP) is 3.96. The number of carbonyl (C=O) groups excluding carboxylic acids is 1. The van der Waals surface area contributed by atoms with Gasteiger partial charge in [0.05, 0.1) is 17.8 Å². The summed E-state index contributed by atoms with van der Waals surface area (Å²) in [6, 6.07) is 0.0736. The maximum atomic E-state index is 12.8. The van der Waals surface area contributed by atoms with Crippen LogP contribution in [0.15, 0.2) is 11.3 Å². The molecule has 6 heteroatoms. The molecule has 0 amide bonds. The van der Waals surface area contributed by atoms with Crippen LogP contribution >= 0.6 is 0 Å². The predicted molar refractivity (Wildman–Crippen MR) is 121 cm³/mol. The van der Waals surface area contributed by atoms with Gasteiger partial charge in [-0.2, -0.15) is 0 Å². The molecule has 0 aromatic heterocycles. The van der Waals surface area contributed by atoms with Gasteiger partial charge in [0.25, 0.3) is 0 Å². The van der Waals surface area contributed by atoms with Crippen LogP contribution in [-0.4, -0.2) is 45.4 Å². The van der Waals surface area contributed by atoms with Gasteiger partial charge in [-0.1, -0.05) is 51.9 Å². The van der Waals surface area contributed by atoms with Gasteiger partial charge in [0.1, 0.15) is 17.2 Å². The van der Waals surface area contributed by atoms with Crippen LogP contribution < -0.4 is 11.1 Å². The van der Waals surface area contributed by atoms with E-state index in [1.54, 1.807) is 0 Å². The van der Waals surface area contributed by atoms with Crippen molar-refractivity contribution in [3.63, 3.8) is 0 Å². The zero-order valence-corrected chi connectivity index (χ0v) is 19.8. The number of aliphatic hydroxyl groups excluding tert-OH is 1. The van der Waals surface area contributed by atoms with Crippen LogP contribution in [-0.2, 0) is 9.53 Å². The molecule has 0 radical (unpaired) electrons. The Balaban J connectivity index is 1.89. The zero-order valence-electron chi connectivity index (χ0n) is 19.8. The summed E-state index contributed by atoms with van der Waals surface area (Å²) in [7, 11) is 0. The van der Waals surface area contributed by atoms with Crippen molar-refractivity contribution < 1.29 is 19.2 Å². The maximum absolute atomic E-state index is 12.8. The molecule has 4 N–H and O–H groups in total. The van der Waals surface area contributed by atoms with Crippen molar-refractivity contribution in [1.29, 1.82) is 0 Å². The molecule has 172 valence electrons. The van der Waals surface area contributed by atoms with Crippen molar-refractivity contribution in [2.24, 2.45) is 5.73 Å². The van der Waals surface area contributed by atoms with Gasteiger partial charge in [-0.15, -0.1) is 0 Å². The number of nitrogens with two attached hydrogens (primary N) is 1. The number of nitrogens with zero attached hydrogens (tertiary/aromatic N) is 1. The smallest absolute Gasteiger partial charge is 0.348 e. The summed E-state index contributed by atoms with van der Waals surface area (Å²) in [5.74, 6) is 0.301. The fraction of sp³-hybridized carbons (Fsp3) is 0.833. The number of aliphatic hydroxyl groups is 1. The van der Waals surface area contributed by atoms with E-state index in [1.807, 2.05) is 27.7 Å². The third kappa shape index (κ3) is 7.00. The molecule has 0 saturated carbocycles. The Morgan fingerprint density at radius 1 is 1.20 bits per heavy atom. The van der Waals surface area contributed by atoms with E-state index in [0.29, 0.717) is 18.0 Å². The van der Waals surface area contributed by atoms with E-state index < -0.39 is 5.60 Å². The highest BCUT2D eigenvalue weighted by Crippen LogP contribution is 2.32. The van der Waals surface area contributed by atoms with E-state index >= 15 is 0 Å². The molecule has 1 saturated heterocycles. The second-order valence-electron chi connectivity index (χ2n) is 10.0. The Morgan fingerprint density at radius 3 is 2.47 bits per heavy atom. The fourth-order valence-electron chi connectivity index (χ4n) is 4.73. The van der Waals surface area contributed by atoms with E-state index in [0.717, 1.165) is 31.4 Å². The van der Waals surface area contributed by atoms with Gasteiger partial charge in [-0.05, 0) is 47.0 Å². The Kier molecular flexibility index (Phi) is 9.20. The Morgan fingerprint density at radius 2 is 1.83 bits per heavy atom. The van der Waals surface area contributed by atoms with Crippen molar-refractivity contribution >= 4 is 11.9 Å². The summed E-state index contributed by atoms with van der Waals surface area (Å²) >= 11 is 0. The molecule has 0 spiro atoms. The maximum Gasteiger partial charge on any atom is 0.348 e. The Labute approximate surface area is 182 Å². The molecule has 2 rings (SSSR count). The first kappa shape index (κ1) is 24.7. The number of carbonyl (C=O) groups is 1. The lowest BCUT2D eigenvalue weighted by Crippen LogP contribution is -2.51. The monoisotopic (exact) mass is 422 g/mol. The van der Waals surface area contributed by atoms with Gasteiger partial charge < -0.3 is 9.84 Å². The Bertz CT molecular complexity index is 649. The van der Waals surface area contributed by atoms with Crippen LogP contribution in [0.2, 0.25) is 0 Å². The number of allylic oxidation sites excluding steroid dienone is 1. The molecule has 0 aromatic carbocycles. The largest absolute Gasteiger partial charge is 0.456 e. The lowest BCUT2D eigenvalue weighted by Gasteiger charge is -2.28. The van der Waals surface area contributed by atoms with Crippen LogP contribution in [0.4, 0.5) is 0 Å². The van der Waals surface area contributed by atoms with Gasteiger partial charge in [-0.25, -0.2) is 10.1 Å². The summed E-state index contributed by atoms with van der Waals surface area (Å²) in [5.41, 5.74) is 7.21. The standard InChI is InChI=1S/C24H43N3O3/c1-6-7-8-9-10-11-12-13-19(28)16-18-14-15-20-21(22(29)30-24(3,4)5)17(2)26-23(25)27(18)20/h18-20,28H,6-16H2,1-5H3,(H2,25,26,29)/p+1/t18-,19-,20-/m0/s1. The van der Waals surface area contributed by atoms with Gasteiger partial charge in [0.2, 0.25) is 0 Å². The highest BCUT2D eigenvalue weighted by atomic mass is 16.6. The molecular formula is C24H44N3O3+. The Hall–Kier alpha value is -1.56. The number of rotatable bonds is 11. The molecule has 0 unspecified atom stereocenters. The first-order valence-electron chi connectivity index (χ1n) is 11.9. The molecule has 1 fully saturated rings. The van der Waals surface area contributed by atoms with Crippen LogP contribution in [0.25, 0.3) is 0 Å². The van der Waals surface area contributed by atoms with E-state index in [2.05, 4.69) is 16.8 Å². The summed E-state index contributed by atoms with van der Waals surface area (Å²) < 4.78 is 7.74. The average molecular weight is 423 g/mol. The molecule has 0 aliphatic carbocycles. The van der Waals surface area contributed by atoms with Crippen molar-refractivity contribution in [3.8, 4) is 0 Å². The number of unbranched alkanes of at least 4 members (excludes halogenated alkanes) is 6. The van der Waals surface area contributed by atoms with E-state index in [4.69, 9.17) is 10.5 Å². The quantitative estimate of drug-likeness (QED) is 0.266. The second-order valence-corrected chi connectivity index (χ2v) is 10.0. The lowest BCUT2D eigenvalue weighted by molar-refractivity contribution is -0.576. The van der Waals surface area contributed by atoms with Crippen molar-refractivity contribution in [2.75, 3.05) is 0 Å². The molecule has 0 bridgehead atoms. The minimum atomic E-state index is -0.535. The van der Waals surface area contributed by atoms with E-state index in [1.165, 1.54) is 38.5 Å². The summed E-state index contributed by atoms with van der Waals surface area (Å²) in [6.45, 7) is 9.76. The van der Waals surface area contributed by atoms with Crippen LogP contribution in [0, 0.1) is 0 Å². The number of hydrogen-bond acceptors (Lipinski definition) is 5. The van der Waals surface area contributed by atoms with Crippen molar-refractivity contribution in [1.82, 2.24) is 5.32 Å². The molecule has 2 heterocycles. The van der Waals surface area contributed by atoms with Gasteiger partial charge >= 0.3 is 11.9 Å². The fourth-order valence-corrected chi connectivity index (χ4v) is 4.73. The molecule has 6 nitrogen and oxygen atoms in total. The van der Waals surface area contributed by atoms with E-state index in [9.17, 15) is 9.90 Å². The molecular weight excluding hydrogens is 378 g/mol. The average Bonchev–Trinajstić information content (AvgIpc) is 3.03. The number of esters is 1. The third-order valence-corrected chi connectivity index (χ3v) is 6.14. The number of guanidine groups is 1. The normalized spacial score (nSPS) is 22.7. The van der Waals surface area contributed by atoms with Gasteiger partial charge in [0, 0.05) is 6.42 Å². The highest BCUT2D eigenvalue weighted by Gasteiger charge is 2.44. The number of fused-ring (bicyclic) bond motifs is 1. The molecule has 30 heavy (non-hydrogen) atoms. The van der Waals surface area contributed by atoms with E-state index in [-0.39, 0.29) is 24.2 Å². The molecule has 0 aromatic rings. The first-order valence-corrected chi connectivity index (χ1v) is 11.9. The zero-order chi connectivity index (χ0) is 22.3. The third-order valence-electron chi connectivity index (χ3n) is 6.14. The number of ether oxygens (including phenoxy) is 1. The van der Waals surface area contributed by atoms with Gasteiger partial charge in [0.15, 0.2) is 0 Å². The molecule has 2 aliphatic heterocycles. The second kappa shape index (κ2) is 11.2. The SMILES string of the molecule is CCCCCCCCC[C@H](O)C[C@@H]1CC[C@H]2C(C(=O)OC(C)(C)C)=C(C)NC(N)=[N+]12. The molecule has 2 aliphatic rings. The first-order chi connectivity index (χ1) is 14.1. The minimum Gasteiger partial charge on any atom is -0.456 e. The lowest BCUT2D eigenvalue weighted by atomic mass is 10.0.